The summed E-state index contributed by atoms with van der Waals surface area (Å²) in [6, 6.07) is 0. The Morgan fingerprint density at radius 2 is 1.90 bits per heavy atom. The molecule has 0 saturated carbocycles. The largest absolute Gasteiger partial charge is 0.374 e. The van der Waals surface area contributed by atoms with Crippen molar-refractivity contribution in [2.45, 2.75) is 27.0 Å². The van der Waals surface area contributed by atoms with Crippen molar-refractivity contribution in [3.05, 3.63) is 12.2 Å². The lowest BCUT2D eigenvalue weighted by Gasteiger charge is -2.24. The fraction of sp³-hybridized carbons (Fsp3) is 0.750. The molecule has 0 aromatic carbocycles. The van der Waals surface area contributed by atoms with Gasteiger partial charge in [-0.15, -0.1) is 0 Å². The number of hydrogen-bond donors (Lipinski definition) is 1. The molecule has 2 heteroatoms. The maximum absolute atomic E-state index is 9.41. The van der Waals surface area contributed by atoms with Crippen LogP contribution in [0.2, 0.25) is 0 Å². The van der Waals surface area contributed by atoms with E-state index >= 15 is 0 Å². The van der Waals surface area contributed by atoms with E-state index in [1.807, 2.05) is 25.7 Å². The molecular formula is C8H17NO. The van der Waals surface area contributed by atoms with Crippen LogP contribution in [-0.4, -0.2) is 29.3 Å². The van der Waals surface area contributed by atoms with E-state index in [4.69, 9.17) is 0 Å². The molecule has 0 rings (SSSR count). The first kappa shape index (κ1) is 9.66. The summed E-state index contributed by atoms with van der Waals surface area (Å²) in [5.41, 5.74) is 0.809. The van der Waals surface area contributed by atoms with E-state index < -0.39 is 6.23 Å². The molecule has 0 aromatic heterocycles. The van der Waals surface area contributed by atoms with Gasteiger partial charge < -0.3 is 5.11 Å². The van der Waals surface area contributed by atoms with Crippen molar-refractivity contribution in [2.24, 2.45) is 0 Å². The molecule has 0 aliphatic carbocycles. The third-order valence-corrected chi connectivity index (χ3v) is 1.60. The molecule has 2 nitrogen and oxygen atoms in total. The van der Waals surface area contributed by atoms with Crippen LogP contribution < -0.4 is 0 Å². The van der Waals surface area contributed by atoms with Gasteiger partial charge in [0.25, 0.3) is 0 Å². The van der Waals surface area contributed by atoms with Crippen molar-refractivity contribution in [3.63, 3.8) is 0 Å². The van der Waals surface area contributed by atoms with Gasteiger partial charge in [0.2, 0.25) is 0 Å². The molecule has 1 N–H and O–H groups in total. The summed E-state index contributed by atoms with van der Waals surface area (Å²) in [5, 5.41) is 9.41. The molecule has 0 fully saturated rings. The van der Waals surface area contributed by atoms with Crippen LogP contribution >= 0.6 is 0 Å². The van der Waals surface area contributed by atoms with Crippen LogP contribution in [0.25, 0.3) is 0 Å². The van der Waals surface area contributed by atoms with E-state index in [1.165, 1.54) is 0 Å². The Labute approximate surface area is 63.2 Å². The van der Waals surface area contributed by atoms with E-state index in [2.05, 4.69) is 6.58 Å². The second-order valence-corrected chi connectivity index (χ2v) is 2.44. The first-order valence-electron chi connectivity index (χ1n) is 3.71. The van der Waals surface area contributed by atoms with Gasteiger partial charge in [-0.2, -0.15) is 0 Å². The number of likely N-dealkylation sites (N-methyl/N-ethyl adjacent to an activating group) is 1. The smallest absolute Gasteiger partial charge is 0.128 e. The van der Waals surface area contributed by atoms with Crippen LogP contribution in [0.4, 0.5) is 0 Å². The fourth-order valence-electron chi connectivity index (χ4n) is 0.881. The second kappa shape index (κ2) is 4.47. The lowest BCUT2D eigenvalue weighted by atomic mass is 10.3. The zero-order valence-electron chi connectivity index (χ0n) is 7.09. The van der Waals surface area contributed by atoms with Gasteiger partial charge in [0.15, 0.2) is 0 Å². The van der Waals surface area contributed by atoms with Gasteiger partial charge in [0.1, 0.15) is 6.23 Å². The number of hydrogen-bond acceptors (Lipinski definition) is 2. The second-order valence-electron chi connectivity index (χ2n) is 2.44. The monoisotopic (exact) mass is 143 g/mol. The minimum Gasteiger partial charge on any atom is -0.374 e. The number of rotatable bonds is 4. The summed E-state index contributed by atoms with van der Waals surface area (Å²) < 4.78 is 0. The maximum Gasteiger partial charge on any atom is 0.128 e. The van der Waals surface area contributed by atoms with Crippen LogP contribution in [0.15, 0.2) is 12.2 Å². The van der Waals surface area contributed by atoms with E-state index in [0.717, 1.165) is 18.7 Å². The zero-order valence-corrected chi connectivity index (χ0v) is 7.09. The van der Waals surface area contributed by atoms with E-state index in [0.29, 0.717) is 0 Å². The van der Waals surface area contributed by atoms with Gasteiger partial charge in [-0.1, -0.05) is 20.4 Å². The van der Waals surface area contributed by atoms with Gasteiger partial charge in [-0.05, 0) is 25.6 Å². The standard InChI is InChI=1S/C8H17NO/c1-5-9(6-2)8(10)7(3)4/h8,10H,3,5-6H2,1-2,4H3. The van der Waals surface area contributed by atoms with Gasteiger partial charge in [0, 0.05) is 0 Å². The fourth-order valence-corrected chi connectivity index (χ4v) is 0.881. The topological polar surface area (TPSA) is 23.5 Å². The predicted molar refractivity (Wildman–Crippen MR) is 43.7 cm³/mol. The van der Waals surface area contributed by atoms with Crippen LogP contribution in [0, 0.1) is 0 Å². The highest BCUT2D eigenvalue weighted by atomic mass is 16.3. The Hall–Kier alpha value is -0.340. The molecule has 0 radical (unpaired) electrons. The molecule has 0 saturated heterocycles. The summed E-state index contributed by atoms with van der Waals surface area (Å²) in [7, 11) is 0. The average molecular weight is 143 g/mol. The SMILES string of the molecule is C=C(C)C(O)N(CC)CC. The predicted octanol–water partition coefficient (Wildman–Crippen LogP) is 1.22. The van der Waals surface area contributed by atoms with Crippen molar-refractivity contribution in [2.75, 3.05) is 13.1 Å². The Balaban J connectivity index is 3.88. The molecule has 1 unspecified atom stereocenters. The molecule has 60 valence electrons. The number of nitrogens with zero attached hydrogens (tertiary/aromatic N) is 1. The first-order valence-corrected chi connectivity index (χ1v) is 3.71. The molecule has 0 bridgehead atoms. The lowest BCUT2D eigenvalue weighted by molar-refractivity contribution is 0.0410. The summed E-state index contributed by atoms with van der Waals surface area (Å²) in [6.45, 7) is 11.3. The van der Waals surface area contributed by atoms with E-state index in [-0.39, 0.29) is 0 Å². The molecular weight excluding hydrogens is 126 g/mol. The minimum atomic E-state index is -0.463. The third-order valence-electron chi connectivity index (χ3n) is 1.60. The highest BCUT2D eigenvalue weighted by Gasteiger charge is 2.10. The third kappa shape index (κ3) is 2.50. The van der Waals surface area contributed by atoms with Crippen LogP contribution in [0.5, 0.6) is 0 Å². The quantitative estimate of drug-likeness (QED) is 0.472. The summed E-state index contributed by atoms with van der Waals surface area (Å²) in [6.07, 6.45) is -0.463. The molecule has 10 heavy (non-hydrogen) atoms. The molecule has 0 spiro atoms. The normalized spacial score (nSPS) is 13.7. The Morgan fingerprint density at radius 1 is 1.50 bits per heavy atom. The highest BCUT2D eigenvalue weighted by molar-refractivity contribution is 4.95. The van der Waals surface area contributed by atoms with Crippen LogP contribution in [0.1, 0.15) is 20.8 Å². The van der Waals surface area contributed by atoms with Gasteiger partial charge >= 0.3 is 0 Å². The summed E-state index contributed by atoms with van der Waals surface area (Å²) >= 11 is 0. The van der Waals surface area contributed by atoms with Crippen molar-refractivity contribution in [1.82, 2.24) is 4.90 Å². The van der Waals surface area contributed by atoms with E-state index in [1.54, 1.807) is 0 Å². The molecule has 0 heterocycles. The van der Waals surface area contributed by atoms with Gasteiger partial charge in [0.05, 0.1) is 0 Å². The Bertz CT molecular complexity index is 108. The lowest BCUT2D eigenvalue weighted by Crippen LogP contribution is -2.35. The highest BCUT2D eigenvalue weighted by Crippen LogP contribution is 2.03. The minimum absolute atomic E-state index is 0.463. The Kier molecular flexibility index (Phi) is 4.32. The summed E-state index contributed by atoms with van der Waals surface area (Å²) in [5.74, 6) is 0. The zero-order chi connectivity index (χ0) is 8.15. The molecule has 0 aromatic rings. The molecule has 0 amide bonds. The Morgan fingerprint density at radius 3 is 2.00 bits per heavy atom. The first-order chi connectivity index (χ1) is 4.63. The van der Waals surface area contributed by atoms with E-state index in [9.17, 15) is 5.11 Å². The van der Waals surface area contributed by atoms with Crippen molar-refractivity contribution < 1.29 is 5.11 Å². The summed E-state index contributed by atoms with van der Waals surface area (Å²) in [4.78, 5) is 1.95. The van der Waals surface area contributed by atoms with Crippen LogP contribution in [0.3, 0.4) is 0 Å². The van der Waals surface area contributed by atoms with Gasteiger partial charge in [-0.3, -0.25) is 4.90 Å². The maximum atomic E-state index is 9.41. The number of aliphatic hydroxyl groups is 1. The average Bonchev–Trinajstić information content (AvgIpc) is 1.90. The van der Waals surface area contributed by atoms with Crippen molar-refractivity contribution >= 4 is 0 Å². The van der Waals surface area contributed by atoms with Crippen molar-refractivity contribution in [1.29, 1.82) is 0 Å². The molecule has 0 aliphatic rings. The molecule has 1 atom stereocenters. The molecule has 0 aliphatic heterocycles. The van der Waals surface area contributed by atoms with Gasteiger partial charge in [-0.25, -0.2) is 0 Å². The van der Waals surface area contributed by atoms with Crippen LogP contribution in [-0.2, 0) is 0 Å². The number of aliphatic hydroxyl groups excluding tert-OH is 1. The van der Waals surface area contributed by atoms with Crippen molar-refractivity contribution in [3.8, 4) is 0 Å².